The van der Waals surface area contributed by atoms with Crippen LogP contribution in [0.4, 0.5) is 32.8 Å². The zero-order valence-electron chi connectivity index (χ0n) is 19.4. The van der Waals surface area contributed by atoms with E-state index in [1.807, 2.05) is 77.7 Å². The molecule has 0 radical (unpaired) electrons. The number of fused-ring (bicyclic) bond motifs is 2. The summed E-state index contributed by atoms with van der Waals surface area (Å²) in [4.78, 5) is 19.7. The number of hydrogen-bond acceptors (Lipinski definition) is 4. The molecule has 1 amide bonds. The first-order valence-corrected chi connectivity index (χ1v) is 11.8. The second-order valence-electron chi connectivity index (χ2n) is 8.73. The molecule has 2 heterocycles. The molecule has 0 bridgehead atoms. The first-order valence-electron chi connectivity index (χ1n) is 11.8. The van der Waals surface area contributed by atoms with E-state index in [1.165, 1.54) is 12.1 Å². The molecule has 6 rings (SSSR count). The molecule has 0 aliphatic carbocycles. The summed E-state index contributed by atoms with van der Waals surface area (Å²) in [6, 6.07) is 29.7. The standard InChI is InChI=1S/C30H23FN4O/c31-21-12-13-26-25(19-21)28(14-16-32-26)34-23-9-4-6-20(18-23)30(36)35-17-15-24-27(10-5-11-29(24)35)33-22-7-2-1-3-8-22/h1-14,16,18-19,33H,15,17H2,(H,32,34). The monoisotopic (exact) mass is 474 g/mol. The first kappa shape index (κ1) is 21.8. The highest BCUT2D eigenvalue weighted by atomic mass is 19.1. The van der Waals surface area contributed by atoms with Crippen molar-refractivity contribution in [2.75, 3.05) is 22.1 Å². The fourth-order valence-corrected chi connectivity index (χ4v) is 4.71. The summed E-state index contributed by atoms with van der Waals surface area (Å²) in [5.41, 5.74) is 6.84. The first-order chi connectivity index (χ1) is 17.7. The van der Waals surface area contributed by atoms with Gasteiger partial charge in [-0.15, -0.1) is 0 Å². The Balaban J connectivity index is 1.27. The molecule has 4 aromatic carbocycles. The number of para-hydroxylation sites is 1. The third-order valence-electron chi connectivity index (χ3n) is 6.42. The van der Waals surface area contributed by atoms with Crippen LogP contribution in [0.3, 0.4) is 0 Å². The zero-order valence-corrected chi connectivity index (χ0v) is 19.4. The Labute approximate surface area is 208 Å². The maximum atomic E-state index is 13.9. The molecule has 0 saturated carbocycles. The van der Waals surface area contributed by atoms with E-state index in [9.17, 15) is 9.18 Å². The van der Waals surface area contributed by atoms with Crippen molar-refractivity contribution >= 4 is 45.2 Å². The number of carbonyl (C=O) groups is 1. The van der Waals surface area contributed by atoms with Gasteiger partial charge in [0.15, 0.2) is 0 Å². The molecule has 1 aromatic heterocycles. The van der Waals surface area contributed by atoms with Crippen molar-refractivity contribution < 1.29 is 9.18 Å². The predicted octanol–water partition coefficient (Wildman–Crippen LogP) is 7.06. The molecule has 1 aliphatic rings. The van der Waals surface area contributed by atoms with Gasteiger partial charge < -0.3 is 15.5 Å². The van der Waals surface area contributed by atoms with Gasteiger partial charge in [-0.1, -0.05) is 30.3 Å². The number of anilines is 5. The molecular weight excluding hydrogens is 451 g/mol. The fraction of sp³-hybridized carbons (Fsp3) is 0.0667. The van der Waals surface area contributed by atoms with Gasteiger partial charge in [-0.05, 0) is 73.2 Å². The van der Waals surface area contributed by atoms with E-state index in [-0.39, 0.29) is 11.7 Å². The Morgan fingerprint density at radius 1 is 0.806 bits per heavy atom. The van der Waals surface area contributed by atoms with Crippen LogP contribution in [0.1, 0.15) is 15.9 Å². The van der Waals surface area contributed by atoms with Gasteiger partial charge in [0.25, 0.3) is 5.91 Å². The van der Waals surface area contributed by atoms with E-state index in [2.05, 4.69) is 15.6 Å². The number of nitrogens with zero attached hydrogens (tertiary/aromatic N) is 2. The third-order valence-corrected chi connectivity index (χ3v) is 6.42. The Hall–Kier alpha value is -4.71. The van der Waals surface area contributed by atoms with E-state index < -0.39 is 0 Å². The van der Waals surface area contributed by atoms with Crippen molar-refractivity contribution in [1.29, 1.82) is 0 Å². The van der Waals surface area contributed by atoms with Crippen LogP contribution in [-0.2, 0) is 6.42 Å². The minimum Gasteiger partial charge on any atom is -0.355 e. The maximum absolute atomic E-state index is 13.9. The molecule has 0 saturated heterocycles. The summed E-state index contributed by atoms with van der Waals surface area (Å²) in [5.74, 6) is -0.379. The van der Waals surface area contributed by atoms with Crippen molar-refractivity contribution in [1.82, 2.24) is 4.98 Å². The van der Waals surface area contributed by atoms with Crippen LogP contribution in [0, 0.1) is 5.82 Å². The van der Waals surface area contributed by atoms with Crippen molar-refractivity contribution in [2.24, 2.45) is 0 Å². The lowest BCUT2D eigenvalue weighted by molar-refractivity contribution is 0.0989. The molecule has 176 valence electrons. The lowest BCUT2D eigenvalue weighted by Crippen LogP contribution is -2.28. The molecule has 2 N–H and O–H groups in total. The van der Waals surface area contributed by atoms with Crippen molar-refractivity contribution in [3.63, 3.8) is 0 Å². The largest absolute Gasteiger partial charge is 0.355 e. The topological polar surface area (TPSA) is 57.3 Å². The predicted molar refractivity (Wildman–Crippen MR) is 143 cm³/mol. The van der Waals surface area contributed by atoms with E-state index in [0.29, 0.717) is 23.0 Å². The number of benzene rings is 4. The van der Waals surface area contributed by atoms with Gasteiger partial charge in [0.05, 0.1) is 5.52 Å². The number of pyridine rings is 1. The average molecular weight is 475 g/mol. The molecule has 0 fully saturated rings. The summed E-state index contributed by atoms with van der Waals surface area (Å²) in [7, 11) is 0. The van der Waals surface area contributed by atoms with Gasteiger partial charge >= 0.3 is 0 Å². The molecule has 5 aromatic rings. The van der Waals surface area contributed by atoms with Crippen molar-refractivity contribution in [2.45, 2.75) is 6.42 Å². The molecule has 1 aliphatic heterocycles. The smallest absolute Gasteiger partial charge is 0.258 e. The quantitative estimate of drug-likeness (QED) is 0.286. The van der Waals surface area contributed by atoms with Crippen molar-refractivity contribution in [3.05, 3.63) is 120 Å². The summed E-state index contributed by atoms with van der Waals surface area (Å²) < 4.78 is 13.9. The number of halogens is 1. The van der Waals surface area contributed by atoms with Crippen LogP contribution < -0.4 is 15.5 Å². The van der Waals surface area contributed by atoms with Gasteiger partial charge in [-0.25, -0.2) is 4.39 Å². The minimum atomic E-state index is -0.323. The molecule has 0 atom stereocenters. The highest BCUT2D eigenvalue weighted by Crippen LogP contribution is 2.36. The van der Waals surface area contributed by atoms with E-state index in [0.717, 1.165) is 40.4 Å². The van der Waals surface area contributed by atoms with Gasteiger partial charge in [-0.3, -0.25) is 9.78 Å². The van der Waals surface area contributed by atoms with Gasteiger partial charge in [0.1, 0.15) is 5.82 Å². The Kier molecular flexibility index (Phi) is 5.54. The number of carbonyl (C=O) groups excluding carboxylic acids is 1. The molecule has 0 spiro atoms. The Morgan fingerprint density at radius 2 is 1.61 bits per heavy atom. The lowest BCUT2D eigenvalue weighted by Gasteiger charge is -2.19. The van der Waals surface area contributed by atoms with Crippen LogP contribution in [0.25, 0.3) is 10.9 Å². The van der Waals surface area contributed by atoms with Crippen LogP contribution in [-0.4, -0.2) is 17.4 Å². The van der Waals surface area contributed by atoms with Gasteiger partial charge in [-0.2, -0.15) is 0 Å². The number of hydrogen-bond donors (Lipinski definition) is 2. The second-order valence-corrected chi connectivity index (χ2v) is 8.73. The van der Waals surface area contributed by atoms with Crippen LogP contribution in [0.5, 0.6) is 0 Å². The summed E-state index contributed by atoms with van der Waals surface area (Å²) in [6.07, 6.45) is 2.46. The maximum Gasteiger partial charge on any atom is 0.258 e. The zero-order chi connectivity index (χ0) is 24.5. The van der Waals surface area contributed by atoms with Gasteiger partial charge in [0, 0.05) is 57.7 Å². The summed E-state index contributed by atoms with van der Waals surface area (Å²) >= 11 is 0. The normalized spacial score (nSPS) is 12.4. The van der Waals surface area contributed by atoms with Crippen LogP contribution in [0.2, 0.25) is 0 Å². The Morgan fingerprint density at radius 3 is 2.50 bits per heavy atom. The lowest BCUT2D eigenvalue weighted by atomic mass is 10.1. The third kappa shape index (κ3) is 4.14. The molecule has 6 heteroatoms. The molecule has 0 unspecified atom stereocenters. The van der Waals surface area contributed by atoms with Crippen molar-refractivity contribution in [3.8, 4) is 0 Å². The van der Waals surface area contributed by atoms with E-state index in [4.69, 9.17) is 0 Å². The van der Waals surface area contributed by atoms with Gasteiger partial charge in [0.2, 0.25) is 0 Å². The second kappa shape index (κ2) is 9.15. The minimum absolute atomic E-state index is 0.0557. The number of amides is 1. The molecule has 5 nitrogen and oxygen atoms in total. The number of rotatable bonds is 5. The Bertz CT molecular complexity index is 1590. The SMILES string of the molecule is O=C(c1cccc(Nc2ccnc3ccc(F)cc23)c1)N1CCc2c(Nc3ccccc3)cccc21. The van der Waals surface area contributed by atoms with E-state index in [1.54, 1.807) is 18.3 Å². The molecular formula is C30H23FN4O. The highest BCUT2D eigenvalue weighted by Gasteiger charge is 2.27. The van der Waals surface area contributed by atoms with Crippen LogP contribution in [0.15, 0.2) is 103 Å². The number of nitrogens with one attached hydrogen (secondary N) is 2. The average Bonchev–Trinajstić information content (AvgIpc) is 3.35. The molecule has 36 heavy (non-hydrogen) atoms. The summed E-state index contributed by atoms with van der Waals surface area (Å²) in [5, 5.41) is 7.49. The van der Waals surface area contributed by atoms with E-state index >= 15 is 0 Å². The number of aromatic nitrogens is 1. The highest BCUT2D eigenvalue weighted by molar-refractivity contribution is 6.08. The summed E-state index contributed by atoms with van der Waals surface area (Å²) in [6.45, 7) is 0.619. The van der Waals surface area contributed by atoms with Crippen LogP contribution >= 0.6 is 0 Å². The fourth-order valence-electron chi connectivity index (χ4n) is 4.71.